The zero-order valence-electron chi connectivity index (χ0n) is 12.8. The minimum atomic E-state index is 0.494. The van der Waals surface area contributed by atoms with E-state index in [1.54, 1.807) is 0 Å². The number of piperidine rings is 1. The normalized spacial score (nSPS) is 36.3. The van der Waals surface area contributed by atoms with E-state index in [2.05, 4.69) is 37.9 Å². The Morgan fingerprint density at radius 1 is 1.06 bits per heavy atom. The summed E-state index contributed by atoms with van der Waals surface area (Å²) in [6.07, 6.45) is 5.62. The molecule has 106 valence electrons. The minimum Gasteiger partial charge on any atom is -0.315 e. The number of nitrogens with zero attached hydrogens (tertiary/aromatic N) is 1. The fourth-order valence-electron chi connectivity index (χ4n) is 3.76. The van der Waals surface area contributed by atoms with Crippen LogP contribution in [0.3, 0.4) is 0 Å². The zero-order chi connectivity index (χ0) is 13.2. The quantitative estimate of drug-likeness (QED) is 0.771. The van der Waals surface area contributed by atoms with Crippen molar-refractivity contribution in [2.24, 2.45) is 17.3 Å². The molecule has 1 N–H and O–H groups in total. The Kier molecular flexibility index (Phi) is 4.71. The molecule has 18 heavy (non-hydrogen) atoms. The number of rotatable bonds is 1. The molecule has 2 heteroatoms. The van der Waals surface area contributed by atoms with Gasteiger partial charge in [0.25, 0.3) is 0 Å². The molecule has 3 unspecified atom stereocenters. The standard InChI is InChI=1S/C16H32N2/c1-13-10-15(12-17-11-13)18-8-5-6-14(7-9-18)16(2,3)4/h13-15,17H,5-12H2,1-4H3. The average Bonchev–Trinajstić information content (AvgIpc) is 2.53. The van der Waals surface area contributed by atoms with Crippen LogP contribution in [0.4, 0.5) is 0 Å². The van der Waals surface area contributed by atoms with Gasteiger partial charge in [0.05, 0.1) is 0 Å². The number of likely N-dealkylation sites (tertiary alicyclic amines) is 1. The van der Waals surface area contributed by atoms with Gasteiger partial charge in [-0.2, -0.15) is 0 Å². The first-order chi connectivity index (χ1) is 8.47. The molecule has 2 aliphatic rings. The summed E-state index contributed by atoms with van der Waals surface area (Å²) < 4.78 is 0. The average molecular weight is 252 g/mol. The summed E-state index contributed by atoms with van der Waals surface area (Å²) in [5.41, 5.74) is 0.494. The third kappa shape index (κ3) is 3.71. The minimum absolute atomic E-state index is 0.494. The smallest absolute Gasteiger partial charge is 0.0223 e. The lowest BCUT2D eigenvalue weighted by Crippen LogP contribution is -2.49. The molecule has 0 aromatic rings. The molecule has 0 aliphatic carbocycles. The first-order valence-corrected chi connectivity index (χ1v) is 7.91. The molecule has 2 rings (SSSR count). The van der Waals surface area contributed by atoms with Gasteiger partial charge in [0.15, 0.2) is 0 Å². The maximum absolute atomic E-state index is 3.60. The highest BCUT2D eigenvalue weighted by Gasteiger charge is 2.30. The van der Waals surface area contributed by atoms with Crippen molar-refractivity contribution < 1.29 is 0 Å². The van der Waals surface area contributed by atoms with Crippen LogP contribution in [0.25, 0.3) is 0 Å². The van der Waals surface area contributed by atoms with Crippen molar-refractivity contribution in [3.05, 3.63) is 0 Å². The van der Waals surface area contributed by atoms with E-state index in [-0.39, 0.29) is 0 Å². The van der Waals surface area contributed by atoms with Crippen LogP contribution in [0.1, 0.15) is 53.4 Å². The predicted molar refractivity (Wildman–Crippen MR) is 78.8 cm³/mol. The largest absolute Gasteiger partial charge is 0.315 e. The maximum Gasteiger partial charge on any atom is 0.0223 e. The third-order valence-electron chi connectivity index (χ3n) is 5.05. The van der Waals surface area contributed by atoms with Gasteiger partial charge in [0, 0.05) is 12.6 Å². The van der Waals surface area contributed by atoms with Crippen LogP contribution in [0.2, 0.25) is 0 Å². The highest BCUT2D eigenvalue weighted by molar-refractivity contribution is 4.85. The van der Waals surface area contributed by atoms with Crippen molar-refractivity contribution in [3.63, 3.8) is 0 Å². The van der Waals surface area contributed by atoms with Gasteiger partial charge in [-0.15, -0.1) is 0 Å². The summed E-state index contributed by atoms with van der Waals surface area (Å²) in [5.74, 6) is 1.77. The lowest BCUT2D eigenvalue weighted by Gasteiger charge is -2.37. The van der Waals surface area contributed by atoms with Crippen molar-refractivity contribution in [3.8, 4) is 0 Å². The number of hydrogen-bond donors (Lipinski definition) is 1. The SMILES string of the molecule is CC1CNCC(N2CCCC(C(C)(C)C)CC2)C1. The van der Waals surface area contributed by atoms with Crippen molar-refractivity contribution in [1.29, 1.82) is 0 Å². The molecule has 0 amide bonds. The molecule has 2 heterocycles. The molecular weight excluding hydrogens is 220 g/mol. The van der Waals surface area contributed by atoms with Crippen LogP contribution >= 0.6 is 0 Å². The zero-order valence-corrected chi connectivity index (χ0v) is 12.8. The van der Waals surface area contributed by atoms with Gasteiger partial charge in [-0.25, -0.2) is 0 Å². The fourth-order valence-corrected chi connectivity index (χ4v) is 3.76. The van der Waals surface area contributed by atoms with E-state index in [0.717, 1.165) is 17.9 Å². The van der Waals surface area contributed by atoms with Crippen molar-refractivity contribution >= 4 is 0 Å². The fraction of sp³-hybridized carbons (Fsp3) is 1.00. The van der Waals surface area contributed by atoms with Crippen LogP contribution < -0.4 is 5.32 Å². The Labute approximate surface area is 114 Å². The molecule has 2 fully saturated rings. The molecular formula is C16H32N2. The van der Waals surface area contributed by atoms with Crippen LogP contribution in [-0.2, 0) is 0 Å². The van der Waals surface area contributed by atoms with Crippen LogP contribution in [-0.4, -0.2) is 37.1 Å². The topological polar surface area (TPSA) is 15.3 Å². The van der Waals surface area contributed by atoms with E-state index < -0.39 is 0 Å². The summed E-state index contributed by atoms with van der Waals surface area (Å²) in [6.45, 7) is 14.7. The van der Waals surface area contributed by atoms with Gasteiger partial charge < -0.3 is 5.32 Å². The Morgan fingerprint density at radius 3 is 2.50 bits per heavy atom. The van der Waals surface area contributed by atoms with Gasteiger partial charge in [-0.05, 0) is 62.6 Å². The first kappa shape index (κ1) is 14.3. The second kappa shape index (κ2) is 5.92. The van der Waals surface area contributed by atoms with Crippen LogP contribution in [0.15, 0.2) is 0 Å². The van der Waals surface area contributed by atoms with Crippen LogP contribution in [0.5, 0.6) is 0 Å². The second-order valence-electron chi connectivity index (χ2n) is 7.68. The Bertz CT molecular complexity index is 256. The molecule has 0 saturated carbocycles. The van der Waals surface area contributed by atoms with Crippen molar-refractivity contribution in [2.75, 3.05) is 26.2 Å². The molecule has 0 spiro atoms. The second-order valence-corrected chi connectivity index (χ2v) is 7.68. The van der Waals surface area contributed by atoms with Gasteiger partial charge in [-0.3, -0.25) is 4.90 Å². The molecule has 2 aliphatic heterocycles. The summed E-state index contributed by atoms with van der Waals surface area (Å²) in [4.78, 5) is 2.77. The Hall–Kier alpha value is -0.0800. The third-order valence-corrected chi connectivity index (χ3v) is 5.05. The monoisotopic (exact) mass is 252 g/mol. The molecule has 0 radical (unpaired) electrons. The van der Waals surface area contributed by atoms with Gasteiger partial charge >= 0.3 is 0 Å². The Morgan fingerprint density at radius 2 is 1.83 bits per heavy atom. The van der Waals surface area contributed by atoms with E-state index in [1.165, 1.54) is 51.9 Å². The molecule has 2 nitrogen and oxygen atoms in total. The molecule has 2 saturated heterocycles. The summed E-state index contributed by atoms with van der Waals surface area (Å²) in [6, 6.07) is 0.799. The molecule has 0 aromatic carbocycles. The van der Waals surface area contributed by atoms with E-state index in [1.807, 2.05) is 0 Å². The maximum atomic E-state index is 3.60. The van der Waals surface area contributed by atoms with Gasteiger partial charge in [0.1, 0.15) is 0 Å². The van der Waals surface area contributed by atoms with Crippen molar-refractivity contribution in [1.82, 2.24) is 10.2 Å². The molecule has 0 aromatic heterocycles. The van der Waals surface area contributed by atoms with E-state index >= 15 is 0 Å². The number of hydrogen-bond acceptors (Lipinski definition) is 2. The summed E-state index contributed by atoms with van der Waals surface area (Å²) in [7, 11) is 0. The van der Waals surface area contributed by atoms with E-state index in [4.69, 9.17) is 0 Å². The van der Waals surface area contributed by atoms with Crippen LogP contribution in [0, 0.1) is 17.3 Å². The Balaban J connectivity index is 1.88. The highest BCUT2D eigenvalue weighted by Crippen LogP contribution is 2.35. The highest BCUT2D eigenvalue weighted by atomic mass is 15.2. The molecule has 3 atom stereocenters. The summed E-state index contributed by atoms with van der Waals surface area (Å²) >= 11 is 0. The lowest BCUT2D eigenvalue weighted by molar-refractivity contribution is 0.142. The number of nitrogens with one attached hydrogen (secondary N) is 1. The first-order valence-electron chi connectivity index (χ1n) is 7.91. The van der Waals surface area contributed by atoms with Crippen molar-refractivity contribution in [2.45, 2.75) is 59.4 Å². The predicted octanol–water partition coefficient (Wildman–Crippen LogP) is 3.13. The van der Waals surface area contributed by atoms with E-state index in [0.29, 0.717) is 5.41 Å². The van der Waals surface area contributed by atoms with E-state index in [9.17, 15) is 0 Å². The summed E-state index contributed by atoms with van der Waals surface area (Å²) in [5, 5.41) is 3.60. The lowest BCUT2D eigenvalue weighted by atomic mass is 9.77. The van der Waals surface area contributed by atoms with Gasteiger partial charge in [-0.1, -0.05) is 27.7 Å². The molecule has 0 bridgehead atoms. The van der Waals surface area contributed by atoms with Gasteiger partial charge in [0.2, 0.25) is 0 Å².